The van der Waals surface area contributed by atoms with Gasteiger partial charge in [0.1, 0.15) is 5.03 Å². The molecule has 3 aromatic rings. The minimum Gasteiger partial charge on any atom is -0.368 e. The lowest BCUT2D eigenvalue weighted by molar-refractivity contribution is 1.11. The van der Waals surface area contributed by atoms with Gasteiger partial charge >= 0.3 is 0 Å². The summed E-state index contributed by atoms with van der Waals surface area (Å²) in [6.07, 6.45) is 0. The highest BCUT2D eigenvalue weighted by Gasteiger charge is 2.09. The average Bonchev–Trinajstić information content (AvgIpc) is 2.43. The molecule has 0 spiro atoms. The zero-order valence-corrected chi connectivity index (χ0v) is 12.2. The van der Waals surface area contributed by atoms with E-state index in [0.717, 1.165) is 15.9 Å². The van der Waals surface area contributed by atoms with Crippen LogP contribution in [0.3, 0.4) is 0 Å². The molecule has 0 aliphatic carbocycles. The SMILES string of the molecule is Cc1ccc(C)c(Sc2nc(N)nc3ccccc23)c1. The molecule has 0 saturated heterocycles. The Bertz CT molecular complexity index is 784. The van der Waals surface area contributed by atoms with Gasteiger partial charge in [0, 0.05) is 10.3 Å². The fourth-order valence-electron chi connectivity index (χ4n) is 2.06. The molecule has 0 aliphatic rings. The van der Waals surface area contributed by atoms with E-state index in [2.05, 4.69) is 42.0 Å². The number of anilines is 1. The smallest absolute Gasteiger partial charge is 0.221 e. The Morgan fingerprint density at radius 2 is 1.80 bits per heavy atom. The van der Waals surface area contributed by atoms with E-state index in [1.54, 1.807) is 11.8 Å². The maximum Gasteiger partial charge on any atom is 0.221 e. The fraction of sp³-hybridized carbons (Fsp3) is 0.125. The first-order valence-corrected chi connectivity index (χ1v) is 7.22. The summed E-state index contributed by atoms with van der Waals surface area (Å²) in [5.41, 5.74) is 9.17. The van der Waals surface area contributed by atoms with Gasteiger partial charge in [0.2, 0.25) is 5.95 Å². The first-order chi connectivity index (χ1) is 9.63. The van der Waals surface area contributed by atoms with E-state index in [1.165, 1.54) is 16.0 Å². The predicted molar refractivity (Wildman–Crippen MR) is 84.0 cm³/mol. The Labute approximate surface area is 122 Å². The van der Waals surface area contributed by atoms with Crippen LogP contribution in [0.5, 0.6) is 0 Å². The molecule has 3 nitrogen and oxygen atoms in total. The third kappa shape index (κ3) is 2.47. The molecule has 100 valence electrons. The number of aryl methyl sites for hydroxylation is 2. The van der Waals surface area contributed by atoms with Crippen molar-refractivity contribution in [1.82, 2.24) is 9.97 Å². The Morgan fingerprint density at radius 1 is 1.00 bits per heavy atom. The normalized spacial score (nSPS) is 10.9. The summed E-state index contributed by atoms with van der Waals surface area (Å²) in [7, 11) is 0. The number of benzene rings is 2. The summed E-state index contributed by atoms with van der Waals surface area (Å²) in [4.78, 5) is 9.87. The summed E-state index contributed by atoms with van der Waals surface area (Å²) < 4.78 is 0. The molecule has 0 bridgehead atoms. The second kappa shape index (κ2) is 5.13. The topological polar surface area (TPSA) is 51.8 Å². The third-order valence-electron chi connectivity index (χ3n) is 3.14. The van der Waals surface area contributed by atoms with Gasteiger partial charge in [-0.25, -0.2) is 9.97 Å². The number of hydrogen-bond acceptors (Lipinski definition) is 4. The van der Waals surface area contributed by atoms with Crippen molar-refractivity contribution in [3.63, 3.8) is 0 Å². The maximum absolute atomic E-state index is 5.81. The van der Waals surface area contributed by atoms with E-state index in [0.29, 0.717) is 5.95 Å². The number of nitrogen functional groups attached to an aromatic ring is 1. The highest BCUT2D eigenvalue weighted by Crippen LogP contribution is 2.34. The third-order valence-corrected chi connectivity index (χ3v) is 4.30. The molecule has 20 heavy (non-hydrogen) atoms. The highest BCUT2D eigenvalue weighted by molar-refractivity contribution is 7.99. The van der Waals surface area contributed by atoms with Crippen LogP contribution >= 0.6 is 11.8 Å². The number of nitrogens with two attached hydrogens (primary N) is 1. The van der Waals surface area contributed by atoms with Crippen LogP contribution in [-0.4, -0.2) is 9.97 Å². The Morgan fingerprint density at radius 3 is 2.65 bits per heavy atom. The van der Waals surface area contributed by atoms with E-state index in [4.69, 9.17) is 5.73 Å². The molecule has 4 heteroatoms. The number of hydrogen-bond donors (Lipinski definition) is 1. The van der Waals surface area contributed by atoms with Crippen LogP contribution in [-0.2, 0) is 0 Å². The van der Waals surface area contributed by atoms with Gasteiger partial charge in [0.15, 0.2) is 0 Å². The second-order valence-corrected chi connectivity index (χ2v) is 5.81. The Hall–Kier alpha value is -2.07. The number of nitrogens with zero attached hydrogens (tertiary/aromatic N) is 2. The van der Waals surface area contributed by atoms with Crippen LogP contribution in [0.2, 0.25) is 0 Å². The number of rotatable bonds is 2. The average molecular weight is 281 g/mol. The molecule has 0 aliphatic heterocycles. The van der Waals surface area contributed by atoms with Crippen molar-refractivity contribution in [3.05, 3.63) is 53.6 Å². The van der Waals surface area contributed by atoms with Crippen LogP contribution in [0.1, 0.15) is 11.1 Å². The molecule has 1 aromatic heterocycles. The van der Waals surface area contributed by atoms with Crippen molar-refractivity contribution >= 4 is 28.6 Å². The first kappa shape index (κ1) is 12.9. The van der Waals surface area contributed by atoms with Gasteiger partial charge in [-0.05, 0) is 37.1 Å². The standard InChI is InChI=1S/C16H15N3S/c1-10-7-8-11(2)14(9-10)20-15-12-5-3-4-6-13(12)18-16(17)19-15/h3-9H,1-2H3,(H2,17,18,19). The highest BCUT2D eigenvalue weighted by atomic mass is 32.2. The van der Waals surface area contributed by atoms with Crippen molar-refractivity contribution in [3.8, 4) is 0 Å². The summed E-state index contributed by atoms with van der Waals surface area (Å²) in [6.45, 7) is 4.20. The van der Waals surface area contributed by atoms with Gasteiger partial charge < -0.3 is 5.73 Å². The van der Waals surface area contributed by atoms with Crippen LogP contribution in [0, 0.1) is 13.8 Å². The van der Waals surface area contributed by atoms with Crippen molar-refractivity contribution < 1.29 is 0 Å². The van der Waals surface area contributed by atoms with Gasteiger partial charge in [-0.3, -0.25) is 0 Å². The van der Waals surface area contributed by atoms with Crippen molar-refractivity contribution in [2.24, 2.45) is 0 Å². The van der Waals surface area contributed by atoms with Gasteiger partial charge in [-0.1, -0.05) is 42.1 Å². The van der Waals surface area contributed by atoms with Crippen LogP contribution in [0.25, 0.3) is 10.9 Å². The molecule has 2 aromatic carbocycles. The first-order valence-electron chi connectivity index (χ1n) is 6.41. The van der Waals surface area contributed by atoms with Crippen LogP contribution in [0.4, 0.5) is 5.95 Å². The van der Waals surface area contributed by atoms with Gasteiger partial charge in [-0.2, -0.15) is 0 Å². The fourth-order valence-corrected chi connectivity index (χ4v) is 3.17. The minimum atomic E-state index is 0.316. The number of fused-ring (bicyclic) bond motifs is 1. The monoisotopic (exact) mass is 281 g/mol. The van der Waals surface area contributed by atoms with Gasteiger partial charge in [-0.15, -0.1) is 0 Å². The summed E-state index contributed by atoms with van der Waals surface area (Å²) in [5, 5.41) is 1.94. The number of para-hydroxylation sites is 1. The lowest BCUT2D eigenvalue weighted by atomic mass is 10.2. The van der Waals surface area contributed by atoms with E-state index < -0.39 is 0 Å². The Balaban J connectivity index is 2.13. The molecule has 0 amide bonds. The quantitative estimate of drug-likeness (QED) is 0.722. The van der Waals surface area contributed by atoms with Gasteiger partial charge in [0.25, 0.3) is 0 Å². The zero-order chi connectivity index (χ0) is 14.1. The molecule has 2 N–H and O–H groups in total. The molecular weight excluding hydrogens is 266 g/mol. The maximum atomic E-state index is 5.81. The lowest BCUT2D eigenvalue weighted by Crippen LogP contribution is -1.97. The van der Waals surface area contributed by atoms with E-state index in [9.17, 15) is 0 Å². The van der Waals surface area contributed by atoms with E-state index >= 15 is 0 Å². The largest absolute Gasteiger partial charge is 0.368 e. The van der Waals surface area contributed by atoms with E-state index in [1.807, 2.05) is 24.3 Å². The predicted octanol–water partition coefficient (Wildman–Crippen LogP) is 3.98. The van der Waals surface area contributed by atoms with E-state index in [-0.39, 0.29) is 0 Å². The van der Waals surface area contributed by atoms with Crippen LogP contribution < -0.4 is 5.73 Å². The van der Waals surface area contributed by atoms with Crippen molar-refractivity contribution in [1.29, 1.82) is 0 Å². The summed E-state index contributed by atoms with van der Waals surface area (Å²) in [6, 6.07) is 14.4. The molecular formula is C16H15N3S. The second-order valence-electron chi connectivity index (χ2n) is 4.78. The van der Waals surface area contributed by atoms with Crippen LogP contribution in [0.15, 0.2) is 52.4 Å². The molecule has 3 rings (SSSR count). The minimum absolute atomic E-state index is 0.316. The van der Waals surface area contributed by atoms with Gasteiger partial charge in [0.05, 0.1) is 5.52 Å². The molecule has 1 heterocycles. The lowest BCUT2D eigenvalue weighted by Gasteiger charge is -2.09. The van der Waals surface area contributed by atoms with Crippen molar-refractivity contribution in [2.75, 3.05) is 5.73 Å². The molecule has 0 atom stereocenters. The summed E-state index contributed by atoms with van der Waals surface area (Å²) in [5.74, 6) is 0.316. The molecule has 0 fully saturated rings. The summed E-state index contributed by atoms with van der Waals surface area (Å²) >= 11 is 1.64. The molecule has 0 radical (unpaired) electrons. The molecule has 0 unspecified atom stereocenters. The molecule has 0 saturated carbocycles. The number of aromatic nitrogens is 2. The van der Waals surface area contributed by atoms with Crippen molar-refractivity contribution in [2.45, 2.75) is 23.8 Å². The Kier molecular flexibility index (Phi) is 3.32. The zero-order valence-electron chi connectivity index (χ0n) is 11.4.